The van der Waals surface area contributed by atoms with Gasteiger partial charge in [0.2, 0.25) is 0 Å². The van der Waals surface area contributed by atoms with Gasteiger partial charge in [-0.05, 0) is 56.3 Å². The lowest BCUT2D eigenvalue weighted by atomic mass is 9.95. The summed E-state index contributed by atoms with van der Waals surface area (Å²) in [5.74, 6) is 1.41. The molecule has 1 heterocycles. The Morgan fingerprint density at radius 1 is 1.32 bits per heavy atom. The molecule has 1 aliphatic carbocycles. The van der Waals surface area contributed by atoms with Crippen LogP contribution in [0.5, 0.6) is 0 Å². The van der Waals surface area contributed by atoms with E-state index in [1.807, 2.05) is 12.1 Å². The van der Waals surface area contributed by atoms with Crippen LogP contribution < -0.4 is 10.6 Å². The number of rotatable bonds is 6. The van der Waals surface area contributed by atoms with Gasteiger partial charge in [0.05, 0.1) is 0 Å². The molecule has 3 rings (SSSR count). The Morgan fingerprint density at radius 3 is 2.80 bits per heavy atom. The van der Waals surface area contributed by atoms with Gasteiger partial charge in [0.1, 0.15) is 5.82 Å². The summed E-state index contributed by atoms with van der Waals surface area (Å²) in [5, 5.41) is 6.89. The second-order valence-corrected chi connectivity index (χ2v) is 7.47. The topological polar surface area (TPSA) is 39.7 Å². The van der Waals surface area contributed by atoms with Crippen molar-refractivity contribution in [1.82, 2.24) is 15.5 Å². The van der Waals surface area contributed by atoms with Crippen LogP contribution in [0, 0.1) is 11.7 Å². The Labute approximate surface area is 150 Å². The summed E-state index contributed by atoms with van der Waals surface area (Å²) in [6, 6.07) is 7.16. The molecule has 1 aromatic rings. The van der Waals surface area contributed by atoms with Crippen LogP contribution >= 0.6 is 0 Å². The summed E-state index contributed by atoms with van der Waals surface area (Å²) in [6.45, 7) is 7.44. The Balaban J connectivity index is 1.49. The van der Waals surface area contributed by atoms with Crippen molar-refractivity contribution in [3.63, 3.8) is 0 Å². The molecule has 0 amide bonds. The van der Waals surface area contributed by atoms with Crippen LogP contribution in [0.25, 0.3) is 0 Å². The van der Waals surface area contributed by atoms with Crippen molar-refractivity contribution in [2.45, 2.75) is 38.0 Å². The summed E-state index contributed by atoms with van der Waals surface area (Å²) in [6.07, 6.45) is 4.63. The number of likely N-dealkylation sites (tertiary alicyclic amines) is 1. The number of nitrogens with one attached hydrogen (secondary N) is 2. The lowest BCUT2D eigenvalue weighted by molar-refractivity contribution is 0.183. The number of hydrogen-bond acceptors (Lipinski definition) is 2. The average molecular weight is 346 g/mol. The molecule has 1 saturated carbocycles. The number of piperidine rings is 1. The summed E-state index contributed by atoms with van der Waals surface area (Å²) >= 11 is 0. The molecule has 0 spiro atoms. The van der Waals surface area contributed by atoms with E-state index < -0.39 is 0 Å². The molecule has 2 aliphatic rings. The SMILES string of the molecule is CCN1CCCC(CNC(=NC)NCC2(c3ccccc3F)CC2)C1. The van der Waals surface area contributed by atoms with Gasteiger partial charge in [-0.1, -0.05) is 25.1 Å². The standard InChI is InChI=1S/C20H31FN4/c1-3-25-12-6-7-16(14-25)13-23-19(22-2)24-15-20(10-11-20)17-8-4-5-9-18(17)21/h4-5,8-9,16H,3,6-7,10-15H2,1-2H3,(H2,22,23,24). The average Bonchev–Trinajstić information content (AvgIpc) is 3.43. The minimum atomic E-state index is -0.0911. The Kier molecular flexibility index (Phi) is 5.94. The largest absolute Gasteiger partial charge is 0.356 e. The molecular weight excluding hydrogens is 315 g/mol. The normalized spacial score (nSPS) is 23.3. The minimum absolute atomic E-state index is 0.0627. The smallest absolute Gasteiger partial charge is 0.191 e. The van der Waals surface area contributed by atoms with Crippen LogP contribution in [-0.4, -0.2) is 50.6 Å². The van der Waals surface area contributed by atoms with Gasteiger partial charge in [0.15, 0.2) is 5.96 Å². The molecule has 1 atom stereocenters. The monoisotopic (exact) mass is 346 g/mol. The molecule has 1 aliphatic heterocycles. The number of nitrogens with zero attached hydrogens (tertiary/aromatic N) is 2. The predicted molar refractivity (Wildman–Crippen MR) is 102 cm³/mol. The van der Waals surface area contributed by atoms with Crippen molar-refractivity contribution in [1.29, 1.82) is 0 Å². The molecule has 0 radical (unpaired) electrons. The highest BCUT2D eigenvalue weighted by molar-refractivity contribution is 5.79. The third-order valence-corrected chi connectivity index (χ3v) is 5.73. The maximum absolute atomic E-state index is 14.1. The van der Waals surface area contributed by atoms with Gasteiger partial charge < -0.3 is 15.5 Å². The summed E-state index contributed by atoms with van der Waals surface area (Å²) in [5.41, 5.74) is 0.774. The number of benzene rings is 1. The van der Waals surface area contributed by atoms with Crippen LogP contribution in [0.3, 0.4) is 0 Å². The van der Waals surface area contributed by atoms with Crippen molar-refractivity contribution < 1.29 is 4.39 Å². The Morgan fingerprint density at radius 2 is 2.12 bits per heavy atom. The second kappa shape index (κ2) is 8.17. The maximum atomic E-state index is 14.1. The van der Waals surface area contributed by atoms with Gasteiger partial charge in [-0.15, -0.1) is 0 Å². The van der Waals surface area contributed by atoms with Gasteiger partial charge in [0.25, 0.3) is 0 Å². The number of aliphatic imine (C=N–C) groups is 1. The number of halogens is 1. The molecule has 1 aromatic carbocycles. The Hall–Kier alpha value is -1.62. The Bertz CT molecular complexity index is 597. The molecule has 5 heteroatoms. The van der Waals surface area contributed by atoms with E-state index >= 15 is 0 Å². The molecule has 1 saturated heterocycles. The molecule has 0 aromatic heterocycles. The van der Waals surface area contributed by atoms with Crippen LogP contribution in [0.2, 0.25) is 0 Å². The fraction of sp³-hybridized carbons (Fsp3) is 0.650. The van der Waals surface area contributed by atoms with E-state index in [9.17, 15) is 4.39 Å². The fourth-order valence-corrected chi connectivity index (χ4v) is 3.90. The fourth-order valence-electron chi connectivity index (χ4n) is 3.90. The molecule has 2 N–H and O–H groups in total. The first-order valence-corrected chi connectivity index (χ1v) is 9.59. The van der Waals surface area contributed by atoms with Crippen molar-refractivity contribution in [3.8, 4) is 0 Å². The van der Waals surface area contributed by atoms with Crippen molar-refractivity contribution in [2.24, 2.45) is 10.9 Å². The highest BCUT2D eigenvalue weighted by Crippen LogP contribution is 2.48. The molecular formula is C20H31FN4. The summed E-state index contributed by atoms with van der Waals surface area (Å²) < 4.78 is 14.1. The van der Waals surface area contributed by atoms with Crippen LogP contribution in [0.15, 0.2) is 29.3 Å². The van der Waals surface area contributed by atoms with Gasteiger partial charge in [-0.3, -0.25) is 4.99 Å². The third-order valence-electron chi connectivity index (χ3n) is 5.73. The zero-order valence-corrected chi connectivity index (χ0v) is 15.5. The molecule has 1 unspecified atom stereocenters. The number of hydrogen-bond donors (Lipinski definition) is 2. The van der Waals surface area contributed by atoms with E-state index in [0.29, 0.717) is 5.92 Å². The zero-order chi connectivity index (χ0) is 17.7. The van der Waals surface area contributed by atoms with Crippen molar-refractivity contribution >= 4 is 5.96 Å². The lowest BCUT2D eigenvalue weighted by Crippen LogP contribution is -2.46. The van der Waals surface area contributed by atoms with E-state index in [1.54, 1.807) is 19.2 Å². The summed E-state index contributed by atoms with van der Waals surface area (Å²) in [4.78, 5) is 6.86. The lowest BCUT2D eigenvalue weighted by Gasteiger charge is -2.32. The highest BCUT2D eigenvalue weighted by atomic mass is 19.1. The first kappa shape index (κ1) is 18.2. The zero-order valence-electron chi connectivity index (χ0n) is 15.5. The van der Waals surface area contributed by atoms with E-state index in [4.69, 9.17) is 0 Å². The first-order chi connectivity index (χ1) is 12.2. The molecule has 138 valence electrons. The van der Waals surface area contributed by atoms with Crippen molar-refractivity contribution in [3.05, 3.63) is 35.6 Å². The molecule has 25 heavy (non-hydrogen) atoms. The third kappa shape index (κ3) is 4.51. The molecule has 2 fully saturated rings. The summed E-state index contributed by atoms with van der Waals surface area (Å²) in [7, 11) is 1.80. The van der Waals surface area contributed by atoms with Gasteiger partial charge in [-0.25, -0.2) is 4.39 Å². The van der Waals surface area contributed by atoms with E-state index in [2.05, 4.69) is 27.4 Å². The van der Waals surface area contributed by atoms with Crippen LogP contribution in [0.1, 0.15) is 38.2 Å². The van der Waals surface area contributed by atoms with Crippen molar-refractivity contribution in [2.75, 3.05) is 39.8 Å². The van der Waals surface area contributed by atoms with Gasteiger partial charge in [0, 0.05) is 32.1 Å². The van der Waals surface area contributed by atoms with Gasteiger partial charge >= 0.3 is 0 Å². The van der Waals surface area contributed by atoms with E-state index in [-0.39, 0.29) is 11.2 Å². The van der Waals surface area contributed by atoms with Crippen LogP contribution in [0.4, 0.5) is 4.39 Å². The number of guanidine groups is 1. The molecule has 4 nitrogen and oxygen atoms in total. The van der Waals surface area contributed by atoms with Crippen LogP contribution in [-0.2, 0) is 5.41 Å². The maximum Gasteiger partial charge on any atom is 0.191 e. The van der Waals surface area contributed by atoms with Gasteiger partial charge in [-0.2, -0.15) is 0 Å². The second-order valence-electron chi connectivity index (χ2n) is 7.47. The predicted octanol–water partition coefficient (Wildman–Crippen LogP) is 2.75. The highest BCUT2D eigenvalue weighted by Gasteiger charge is 2.45. The minimum Gasteiger partial charge on any atom is -0.356 e. The first-order valence-electron chi connectivity index (χ1n) is 9.59. The van der Waals surface area contributed by atoms with E-state index in [0.717, 1.165) is 44.0 Å². The molecule has 0 bridgehead atoms. The quantitative estimate of drug-likeness (QED) is 0.615. The van der Waals surface area contributed by atoms with E-state index in [1.165, 1.54) is 25.9 Å².